The first-order chi connectivity index (χ1) is 10.8. The van der Waals surface area contributed by atoms with Crippen molar-refractivity contribution in [3.63, 3.8) is 0 Å². The third-order valence-electron chi connectivity index (χ3n) is 4.23. The van der Waals surface area contributed by atoms with E-state index in [-0.39, 0.29) is 23.4 Å². The molecule has 0 aromatic heterocycles. The molecule has 0 aromatic rings. The van der Waals surface area contributed by atoms with Crippen molar-refractivity contribution in [2.45, 2.75) is 73.8 Å². The fourth-order valence-electron chi connectivity index (χ4n) is 2.50. The van der Waals surface area contributed by atoms with Crippen LogP contribution in [0.5, 0.6) is 0 Å². The molecule has 0 aromatic carbocycles. The Hall–Kier alpha value is -0.410. The highest BCUT2D eigenvalue weighted by molar-refractivity contribution is 7.32. The lowest BCUT2D eigenvalue weighted by atomic mass is 9.62. The highest BCUT2D eigenvalue weighted by Crippen LogP contribution is 2.47. The molecule has 142 valence electrons. The predicted molar refractivity (Wildman–Crippen MR) is 102 cm³/mol. The van der Waals surface area contributed by atoms with Gasteiger partial charge in [-0.15, -0.1) is 0 Å². The van der Waals surface area contributed by atoms with Gasteiger partial charge in [0.05, 0.1) is 6.61 Å². The van der Waals surface area contributed by atoms with Crippen molar-refractivity contribution in [2.24, 2.45) is 16.7 Å². The smallest absolute Gasteiger partial charge is 0.316 e. The average molecular weight is 360 g/mol. The number of rotatable bonds is 4. The zero-order chi connectivity index (χ0) is 19.2. The molecule has 4 nitrogen and oxygen atoms in total. The molecule has 0 heterocycles. The summed E-state index contributed by atoms with van der Waals surface area (Å²) in [5, 5.41) is 11.1. The second kappa shape index (κ2) is 9.33. The largest absolute Gasteiger partial charge is 0.381 e. The summed E-state index contributed by atoms with van der Waals surface area (Å²) in [6, 6.07) is 0. The molecule has 3 unspecified atom stereocenters. The number of aliphatic hydroxyl groups is 1. The first-order valence-electron chi connectivity index (χ1n) is 8.79. The van der Waals surface area contributed by atoms with Gasteiger partial charge in [-0.25, -0.2) is 0 Å². The molecule has 1 aliphatic carbocycles. The molecular weight excluding hydrogens is 323 g/mol. The standard InChI is InChI=1S/C15H27O4P.C4H10/c1-13(2,3)12-9-11(10-19-20(17)18)7-8-15(12,16)14(4,5)6;1-3-4-2/h7-9,11,16,20H,10H2,1-6H3,(H,17,18);3-4H2,1-2H3. The Labute approximate surface area is 149 Å². The Bertz CT molecular complexity index is 467. The van der Waals surface area contributed by atoms with Crippen LogP contribution in [0.1, 0.15) is 68.2 Å². The predicted octanol–water partition coefficient (Wildman–Crippen LogP) is 5.13. The van der Waals surface area contributed by atoms with E-state index in [0.717, 1.165) is 5.57 Å². The minimum Gasteiger partial charge on any atom is -0.381 e. The van der Waals surface area contributed by atoms with Crippen molar-refractivity contribution in [1.82, 2.24) is 0 Å². The van der Waals surface area contributed by atoms with Crippen molar-refractivity contribution >= 4 is 8.25 Å². The first-order valence-corrected chi connectivity index (χ1v) is 10.1. The van der Waals surface area contributed by atoms with E-state index in [0.29, 0.717) is 0 Å². The van der Waals surface area contributed by atoms with E-state index in [1.165, 1.54) is 12.8 Å². The summed E-state index contributed by atoms with van der Waals surface area (Å²) >= 11 is 0. The lowest BCUT2D eigenvalue weighted by Crippen LogP contribution is -2.48. The van der Waals surface area contributed by atoms with Crippen LogP contribution in [0, 0.1) is 16.7 Å². The quantitative estimate of drug-likeness (QED) is 0.539. The van der Waals surface area contributed by atoms with Gasteiger partial charge in [-0.2, -0.15) is 0 Å². The van der Waals surface area contributed by atoms with Crippen molar-refractivity contribution in [3.05, 3.63) is 23.8 Å². The van der Waals surface area contributed by atoms with E-state index in [9.17, 15) is 9.67 Å². The van der Waals surface area contributed by atoms with Crippen LogP contribution in [0.3, 0.4) is 0 Å². The molecule has 0 saturated carbocycles. The third kappa shape index (κ3) is 6.84. The summed E-state index contributed by atoms with van der Waals surface area (Å²) in [5.41, 5.74) is -0.633. The van der Waals surface area contributed by atoms with E-state index < -0.39 is 13.9 Å². The van der Waals surface area contributed by atoms with Gasteiger partial charge in [-0.05, 0) is 16.4 Å². The minimum atomic E-state index is -2.92. The molecule has 1 aliphatic rings. The zero-order valence-corrected chi connectivity index (χ0v) is 17.6. The average Bonchev–Trinajstić information content (AvgIpc) is 2.44. The second-order valence-electron chi connectivity index (χ2n) is 8.45. The Kier molecular flexibility index (Phi) is 9.17. The lowest BCUT2D eigenvalue weighted by molar-refractivity contribution is 0.00219. The van der Waals surface area contributed by atoms with E-state index in [1.807, 2.05) is 32.9 Å². The molecule has 0 spiro atoms. The van der Waals surface area contributed by atoms with Gasteiger partial charge in [-0.3, -0.25) is 4.57 Å². The zero-order valence-electron chi connectivity index (χ0n) is 16.6. The molecule has 3 atom stereocenters. The molecular formula is C19H37O4P. The third-order valence-corrected chi connectivity index (χ3v) is 4.64. The van der Waals surface area contributed by atoms with Crippen LogP contribution in [-0.4, -0.2) is 22.2 Å². The molecule has 0 fully saturated rings. The van der Waals surface area contributed by atoms with Crippen LogP contribution in [0.2, 0.25) is 0 Å². The SMILES string of the molecule is CC(C)(C)C1=CC(CO[PH](=O)O)C=CC1(O)C(C)(C)C.CCCC. The second-order valence-corrected chi connectivity index (χ2v) is 9.27. The maximum atomic E-state index is 11.1. The van der Waals surface area contributed by atoms with Crippen LogP contribution in [0.15, 0.2) is 23.8 Å². The number of hydrogen-bond acceptors (Lipinski definition) is 3. The van der Waals surface area contributed by atoms with Crippen molar-refractivity contribution in [3.8, 4) is 0 Å². The molecule has 1 rings (SSSR count). The Balaban J connectivity index is 0.00000118. The van der Waals surface area contributed by atoms with Gasteiger partial charge in [-0.1, -0.05) is 86.5 Å². The van der Waals surface area contributed by atoms with Gasteiger partial charge >= 0.3 is 8.25 Å². The van der Waals surface area contributed by atoms with E-state index in [2.05, 4.69) is 34.6 Å². The summed E-state index contributed by atoms with van der Waals surface area (Å²) in [5.74, 6) is -0.0899. The maximum Gasteiger partial charge on any atom is 0.316 e. The molecule has 0 saturated heterocycles. The molecule has 2 N–H and O–H groups in total. The lowest BCUT2D eigenvalue weighted by Gasteiger charge is -2.47. The van der Waals surface area contributed by atoms with E-state index in [1.54, 1.807) is 6.08 Å². The first kappa shape index (κ1) is 23.6. The van der Waals surface area contributed by atoms with Gasteiger partial charge < -0.3 is 14.5 Å². The van der Waals surface area contributed by atoms with Crippen LogP contribution in [0.25, 0.3) is 0 Å². The summed E-state index contributed by atoms with van der Waals surface area (Å²) in [7, 11) is -2.92. The van der Waals surface area contributed by atoms with E-state index >= 15 is 0 Å². The molecule has 0 radical (unpaired) electrons. The van der Waals surface area contributed by atoms with Crippen molar-refractivity contribution < 1.29 is 19.1 Å². The Morgan fingerprint density at radius 2 is 1.67 bits per heavy atom. The van der Waals surface area contributed by atoms with Gasteiger partial charge in [0.15, 0.2) is 0 Å². The highest BCUT2D eigenvalue weighted by Gasteiger charge is 2.46. The number of hydrogen-bond donors (Lipinski definition) is 2. The summed E-state index contributed by atoms with van der Waals surface area (Å²) < 4.78 is 15.5. The topological polar surface area (TPSA) is 66.8 Å². The molecule has 0 aliphatic heterocycles. The normalized spacial score (nSPS) is 25.6. The molecule has 5 heteroatoms. The minimum absolute atomic E-state index is 0.0899. The van der Waals surface area contributed by atoms with E-state index in [4.69, 9.17) is 9.42 Å². The van der Waals surface area contributed by atoms with Crippen molar-refractivity contribution in [1.29, 1.82) is 0 Å². The fraction of sp³-hybridized carbons (Fsp3) is 0.789. The van der Waals surface area contributed by atoms with Crippen LogP contribution >= 0.6 is 8.25 Å². The summed E-state index contributed by atoms with van der Waals surface area (Å²) in [4.78, 5) is 8.77. The number of unbranched alkanes of at least 4 members (excludes halogenated alkanes) is 1. The Morgan fingerprint density at radius 1 is 1.17 bits per heavy atom. The maximum absolute atomic E-state index is 11.1. The summed E-state index contributed by atoms with van der Waals surface area (Å²) in [6.07, 6.45) is 8.26. The monoisotopic (exact) mass is 360 g/mol. The van der Waals surface area contributed by atoms with Gasteiger partial charge in [0.1, 0.15) is 5.60 Å². The fourth-order valence-corrected chi connectivity index (χ4v) is 2.83. The highest BCUT2D eigenvalue weighted by atomic mass is 31.1. The van der Waals surface area contributed by atoms with Gasteiger partial charge in [0.25, 0.3) is 0 Å². The van der Waals surface area contributed by atoms with Gasteiger partial charge in [0, 0.05) is 5.92 Å². The van der Waals surface area contributed by atoms with Crippen LogP contribution in [-0.2, 0) is 9.09 Å². The Morgan fingerprint density at radius 3 is 2.00 bits per heavy atom. The van der Waals surface area contributed by atoms with Crippen LogP contribution < -0.4 is 0 Å². The van der Waals surface area contributed by atoms with Crippen molar-refractivity contribution in [2.75, 3.05) is 6.61 Å². The molecule has 0 bridgehead atoms. The summed E-state index contributed by atoms with van der Waals surface area (Å²) in [6.45, 7) is 16.7. The van der Waals surface area contributed by atoms with Crippen LogP contribution in [0.4, 0.5) is 0 Å². The van der Waals surface area contributed by atoms with Gasteiger partial charge in [0.2, 0.25) is 0 Å². The molecule has 24 heavy (non-hydrogen) atoms. The molecule has 0 amide bonds.